The standard InChI is InChI=1S/C5H10FNO2S/c6-3-5(7)1-2-10(8,9)4-5/h1-4,7H2. The van der Waals surface area contributed by atoms with Crippen LogP contribution in [0.15, 0.2) is 0 Å². The third-order valence-corrected chi connectivity index (χ3v) is 3.53. The van der Waals surface area contributed by atoms with Gasteiger partial charge in [0, 0.05) is 0 Å². The first-order chi connectivity index (χ1) is 4.47. The molecule has 0 radical (unpaired) electrons. The fraction of sp³-hybridized carbons (Fsp3) is 1.00. The second kappa shape index (κ2) is 2.17. The zero-order chi connectivity index (χ0) is 7.83. The molecule has 1 unspecified atom stereocenters. The van der Waals surface area contributed by atoms with Crippen molar-refractivity contribution >= 4 is 9.84 Å². The van der Waals surface area contributed by atoms with Crippen molar-refractivity contribution < 1.29 is 12.8 Å². The van der Waals surface area contributed by atoms with Crippen LogP contribution in [0.2, 0.25) is 0 Å². The number of nitrogens with two attached hydrogens (primary N) is 1. The topological polar surface area (TPSA) is 60.2 Å². The predicted molar refractivity (Wildman–Crippen MR) is 36.2 cm³/mol. The lowest BCUT2D eigenvalue weighted by molar-refractivity contribution is 0.335. The molecular weight excluding hydrogens is 157 g/mol. The molecule has 3 nitrogen and oxygen atoms in total. The van der Waals surface area contributed by atoms with Crippen molar-refractivity contribution in [2.24, 2.45) is 5.73 Å². The predicted octanol–water partition coefficient (Wildman–Crippen LogP) is -0.528. The van der Waals surface area contributed by atoms with Crippen molar-refractivity contribution in [1.29, 1.82) is 0 Å². The summed E-state index contributed by atoms with van der Waals surface area (Å²) in [5, 5.41) is 0. The normalized spacial score (nSPS) is 38.2. The molecule has 1 heterocycles. The summed E-state index contributed by atoms with van der Waals surface area (Å²) in [7, 11) is -3.03. The molecule has 1 aliphatic heterocycles. The van der Waals surface area contributed by atoms with Crippen molar-refractivity contribution in [3.63, 3.8) is 0 Å². The SMILES string of the molecule is NC1(CF)CCS(=O)(=O)C1. The summed E-state index contributed by atoms with van der Waals surface area (Å²) in [5.41, 5.74) is 4.30. The number of hydrogen-bond donors (Lipinski definition) is 1. The molecule has 60 valence electrons. The highest BCUT2D eigenvalue weighted by Crippen LogP contribution is 2.20. The zero-order valence-electron chi connectivity index (χ0n) is 5.51. The Balaban J connectivity index is 2.76. The van der Waals surface area contributed by atoms with E-state index in [4.69, 9.17) is 5.73 Å². The Morgan fingerprint density at radius 3 is 2.40 bits per heavy atom. The highest BCUT2D eigenvalue weighted by atomic mass is 32.2. The minimum absolute atomic E-state index is 0.0351. The van der Waals surface area contributed by atoms with Crippen LogP contribution in [0.1, 0.15) is 6.42 Å². The van der Waals surface area contributed by atoms with E-state index in [1.807, 2.05) is 0 Å². The van der Waals surface area contributed by atoms with E-state index in [1.54, 1.807) is 0 Å². The molecule has 10 heavy (non-hydrogen) atoms. The van der Waals surface area contributed by atoms with E-state index in [0.29, 0.717) is 0 Å². The Kier molecular flexibility index (Phi) is 1.72. The van der Waals surface area contributed by atoms with E-state index in [9.17, 15) is 12.8 Å². The maximum atomic E-state index is 12.0. The fourth-order valence-corrected chi connectivity index (χ4v) is 3.01. The van der Waals surface area contributed by atoms with Crippen molar-refractivity contribution in [3.05, 3.63) is 0 Å². The third-order valence-electron chi connectivity index (χ3n) is 1.68. The maximum Gasteiger partial charge on any atom is 0.152 e. The number of alkyl halides is 1. The van der Waals surface area contributed by atoms with Crippen LogP contribution in [0.3, 0.4) is 0 Å². The molecule has 5 heteroatoms. The van der Waals surface area contributed by atoms with Gasteiger partial charge >= 0.3 is 0 Å². The molecule has 0 amide bonds. The van der Waals surface area contributed by atoms with Crippen LogP contribution in [0.5, 0.6) is 0 Å². The fourth-order valence-electron chi connectivity index (χ4n) is 1.05. The van der Waals surface area contributed by atoms with Crippen molar-refractivity contribution in [2.45, 2.75) is 12.0 Å². The number of rotatable bonds is 1. The lowest BCUT2D eigenvalue weighted by Gasteiger charge is -2.15. The van der Waals surface area contributed by atoms with Gasteiger partial charge < -0.3 is 5.73 Å². The number of hydrogen-bond acceptors (Lipinski definition) is 3. The molecule has 0 aliphatic carbocycles. The number of halogens is 1. The van der Waals surface area contributed by atoms with Gasteiger partial charge in [-0.3, -0.25) is 0 Å². The van der Waals surface area contributed by atoms with Gasteiger partial charge in [0.25, 0.3) is 0 Å². The molecular formula is C5H10FNO2S. The average molecular weight is 167 g/mol. The van der Waals surface area contributed by atoms with Crippen molar-refractivity contribution in [2.75, 3.05) is 18.2 Å². The molecule has 0 aromatic heterocycles. The molecule has 1 rings (SSSR count). The van der Waals surface area contributed by atoms with Crippen LogP contribution in [-0.2, 0) is 9.84 Å². The zero-order valence-corrected chi connectivity index (χ0v) is 6.32. The van der Waals surface area contributed by atoms with Gasteiger partial charge in [-0.1, -0.05) is 0 Å². The molecule has 0 saturated carbocycles. The first-order valence-corrected chi connectivity index (χ1v) is 4.85. The first-order valence-electron chi connectivity index (χ1n) is 3.03. The van der Waals surface area contributed by atoms with Crippen LogP contribution < -0.4 is 5.73 Å². The van der Waals surface area contributed by atoms with Gasteiger partial charge in [0.1, 0.15) is 6.67 Å². The molecule has 1 fully saturated rings. The quantitative estimate of drug-likeness (QED) is 0.571. The molecule has 0 aromatic rings. The maximum absolute atomic E-state index is 12.0. The van der Waals surface area contributed by atoms with E-state index in [2.05, 4.69) is 0 Å². The lowest BCUT2D eigenvalue weighted by Crippen LogP contribution is -2.43. The average Bonchev–Trinajstić information content (AvgIpc) is 2.08. The third kappa shape index (κ3) is 1.46. The lowest BCUT2D eigenvalue weighted by atomic mass is 10.0. The second-order valence-corrected chi connectivity index (χ2v) is 5.02. The molecule has 0 bridgehead atoms. The minimum atomic E-state index is -3.03. The van der Waals surface area contributed by atoms with Gasteiger partial charge in [0.15, 0.2) is 9.84 Å². The van der Waals surface area contributed by atoms with Gasteiger partial charge in [-0.05, 0) is 6.42 Å². The molecule has 1 saturated heterocycles. The largest absolute Gasteiger partial charge is 0.322 e. The molecule has 1 aliphatic rings. The number of sulfone groups is 1. The van der Waals surface area contributed by atoms with Crippen molar-refractivity contribution in [3.8, 4) is 0 Å². The van der Waals surface area contributed by atoms with Gasteiger partial charge in [0.2, 0.25) is 0 Å². The van der Waals surface area contributed by atoms with E-state index < -0.39 is 22.1 Å². The highest BCUT2D eigenvalue weighted by Gasteiger charge is 2.38. The Bertz CT molecular complexity index is 226. The van der Waals surface area contributed by atoms with E-state index in [0.717, 1.165) is 0 Å². The Labute approximate surface area is 59.3 Å². The van der Waals surface area contributed by atoms with Crippen LogP contribution >= 0.6 is 0 Å². The first kappa shape index (κ1) is 7.94. The summed E-state index contributed by atoms with van der Waals surface area (Å²) < 4.78 is 33.6. The van der Waals surface area contributed by atoms with E-state index >= 15 is 0 Å². The Morgan fingerprint density at radius 1 is 1.60 bits per heavy atom. The van der Waals surface area contributed by atoms with E-state index in [1.165, 1.54) is 0 Å². The molecule has 0 spiro atoms. The van der Waals surface area contributed by atoms with Gasteiger partial charge in [-0.2, -0.15) is 0 Å². The minimum Gasteiger partial charge on any atom is -0.322 e. The Morgan fingerprint density at radius 2 is 2.20 bits per heavy atom. The molecule has 1 atom stereocenters. The smallest absolute Gasteiger partial charge is 0.152 e. The summed E-state index contributed by atoms with van der Waals surface area (Å²) >= 11 is 0. The van der Waals surface area contributed by atoms with Crippen LogP contribution in [-0.4, -0.2) is 32.1 Å². The Hall–Kier alpha value is -0.160. The summed E-state index contributed by atoms with van der Waals surface area (Å²) in [6.45, 7) is -0.744. The van der Waals surface area contributed by atoms with Gasteiger partial charge in [-0.25, -0.2) is 12.8 Å². The van der Waals surface area contributed by atoms with Crippen LogP contribution in [0, 0.1) is 0 Å². The summed E-state index contributed by atoms with van der Waals surface area (Å²) in [6.07, 6.45) is 0.256. The van der Waals surface area contributed by atoms with E-state index in [-0.39, 0.29) is 17.9 Å². The second-order valence-electron chi connectivity index (χ2n) is 2.84. The summed E-state index contributed by atoms with van der Waals surface area (Å²) in [6, 6.07) is 0. The molecule has 0 aromatic carbocycles. The summed E-state index contributed by atoms with van der Waals surface area (Å²) in [5.74, 6) is -0.163. The van der Waals surface area contributed by atoms with Crippen LogP contribution in [0.4, 0.5) is 4.39 Å². The highest BCUT2D eigenvalue weighted by molar-refractivity contribution is 7.91. The van der Waals surface area contributed by atoms with Crippen LogP contribution in [0.25, 0.3) is 0 Å². The molecule has 2 N–H and O–H groups in total. The van der Waals surface area contributed by atoms with Crippen molar-refractivity contribution in [1.82, 2.24) is 0 Å². The summed E-state index contributed by atoms with van der Waals surface area (Å²) in [4.78, 5) is 0. The monoisotopic (exact) mass is 167 g/mol. The van der Waals surface area contributed by atoms with Gasteiger partial charge in [-0.15, -0.1) is 0 Å². The van der Waals surface area contributed by atoms with Gasteiger partial charge in [0.05, 0.1) is 17.0 Å².